The molecule has 0 aromatic carbocycles. The number of oxime groups is 1. The summed E-state index contributed by atoms with van der Waals surface area (Å²) in [4.78, 5) is 11.7. The van der Waals surface area contributed by atoms with Gasteiger partial charge >= 0.3 is 0 Å². The van der Waals surface area contributed by atoms with Crippen LogP contribution >= 0.6 is 0 Å². The van der Waals surface area contributed by atoms with Crippen LogP contribution in [0, 0.1) is 0 Å². The van der Waals surface area contributed by atoms with Crippen molar-refractivity contribution in [3.8, 4) is 0 Å². The van der Waals surface area contributed by atoms with E-state index in [2.05, 4.69) is 20.1 Å². The highest BCUT2D eigenvalue weighted by Crippen LogP contribution is 2.19. The van der Waals surface area contributed by atoms with Gasteiger partial charge in [-0.05, 0) is 0 Å². The van der Waals surface area contributed by atoms with Crippen molar-refractivity contribution in [3.05, 3.63) is 12.7 Å². The fourth-order valence-corrected chi connectivity index (χ4v) is 1.53. The molecule has 9 nitrogen and oxygen atoms in total. The lowest BCUT2D eigenvalue weighted by Crippen LogP contribution is -2.24. The normalized spacial score (nSPS) is 15.2. The molecule has 0 aliphatic rings. The average Bonchev–Trinajstić information content (AvgIpc) is 2.80. The molecule has 9 heteroatoms. The Morgan fingerprint density at radius 2 is 2.17 bits per heavy atom. The summed E-state index contributed by atoms with van der Waals surface area (Å²) in [6.07, 6.45) is 1.18. The maximum absolute atomic E-state index is 9.92. The molecule has 2 rings (SSSR count). The van der Waals surface area contributed by atoms with E-state index in [9.17, 15) is 10.2 Å². The van der Waals surface area contributed by atoms with E-state index in [1.54, 1.807) is 0 Å². The second kappa shape index (κ2) is 4.94. The Labute approximate surface area is 101 Å². The van der Waals surface area contributed by atoms with Gasteiger partial charge in [-0.25, -0.2) is 15.0 Å². The zero-order valence-corrected chi connectivity index (χ0v) is 9.25. The molecule has 0 saturated heterocycles. The molecule has 5 N–H and O–H groups in total. The SMILES string of the molecule is Nc1ncnc2c1ncn2[C@H](O)[C@H](O)C/C=N\O. The topological polar surface area (TPSA) is 143 Å². The van der Waals surface area contributed by atoms with Crippen LogP contribution in [-0.4, -0.2) is 47.3 Å². The van der Waals surface area contributed by atoms with Crippen molar-refractivity contribution in [2.45, 2.75) is 18.8 Å². The Kier molecular flexibility index (Phi) is 3.35. The molecule has 0 fully saturated rings. The highest BCUT2D eigenvalue weighted by atomic mass is 16.4. The van der Waals surface area contributed by atoms with Crippen molar-refractivity contribution in [2.24, 2.45) is 5.16 Å². The van der Waals surface area contributed by atoms with E-state index in [0.29, 0.717) is 11.2 Å². The van der Waals surface area contributed by atoms with E-state index < -0.39 is 12.3 Å². The van der Waals surface area contributed by atoms with Gasteiger partial charge in [0.25, 0.3) is 0 Å². The Morgan fingerprint density at radius 3 is 2.89 bits per heavy atom. The number of aromatic nitrogens is 4. The molecule has 2 aromatic rings. The zero-order chi connectivity index (χ0) is 13.1. The molecule has 0 saturated carbocycles. The molecule has 0 amide bonds. The second-order valence-corrected chi connectivity index (χ2v) is 3.60. The molecule has 0 aliphatic heterocycles. The summed E-state index contributed by atoms with van der Waals surface area (Å²) in [6.45, 7) is 0. The highest BCUT2D eigenvalue weighted by Gasteiger charge is 2.20. The summed E-state index contributed by atoms with van der Waals surface area (Å²) in [5, 5.41) is 30.6. The van der Waals surface area contributed by atoms with Crippen LogP contribution in [0.4, 0.5) is 5.82 Å². The van der Waals surface area contributed by atoms with Crippen molar-refractivity contribution in [1.29, 1.82) is 0 Å². The summed E-state index contributed by atoms with van der Waals surface area (Å²) in [7, 11) is 0. The van der Waals surface area contributed by atoms with Gasteiger partial charge in [0.1, 0.15) is 17.9 Å². The molecule has 2 aromatic heterocycles. The Balaban J connectivity index is 2.33. The molecular formula is C9H12N6O3. The quantitative estimate of drug-likeness (QED) is 0.314. The van der Waals surface area contributed by atoms with Crippen LogP contribution in [0.1, 0.15) is 12.6 Å². The smallest absolute Gasteiger partial charge is 0.167 e. The van der Waals surface area contributed by atoms with Crippen LogP contribution in [0.2, 0.25) is 0 Å². The van der Waals surface area contributed by atoms with Crippen LogP contribution < -0.4 is 5.73 Å². The molecule has 2 heterocycles. The van der Waals surface area contributed by atoms with Crippen LogP contribution in [0.3, 0.4) is 0 Å². The van der Waals surface area contributed by atoms with Gasteiger partial charge in [-0.3, -0.25) is 4.57 Å². The molecule has 18 heavy (non-hydrogen) atoms. The predicted molar refractivity (Wildman–Crippen MR) is 61.9 cm³/mol. The van der Waals surface area contributed by atoms with Crippen LogP contribution in [0.25, 0.3) is 11.2 Å². The number of fused-ring (bicyclic) bond motifs is 1. The standard InChI is InChI=1S/C9H12N6O3/c10-7-6-8(12-3-11-7)15(4-13-6)9(17)5(16)1-2-14-18/h2-5,9,16-18H,1H2,(H2,10,11,12)/b14-2-/t5-,9-/m1/s1. The van der Waals surface area contributed by atoms with Gasteiger partial charge < -0.3 is 21.2 Å². The third-order valence-corrected chi connectivity index (χ3v) is 2.44. The summed E-state index contributed by atoms with van der Waals surface area (Å²) in [6, 6.07) is 0. The Bertz CT molecular complexity index is 568. The van der Waals surface area contributed by atoms with Gasteiger partial charge in [0.05, 0.1) is 6.33 Å². The van der Waals surface area contributed by atoms with Gasteiger partial charge in [0.2, 0.25) is 0 Å². The first kappa shape index (κ1) is 12.2. The number of imidazole rings is 1. The van der Waals surface area contributed by atoms with Gasteiger partial charge in [-0.1, -0.05) is 0 Å². The second-order valence-electron chi connectivity index (χ2n) is 3.60. The van der Waals surface area contributed by atoms with E-state index in [-0.39, 0.29) is 12.2 Å². The third-order valence-electron chi connectivity index (χ3n) is 2.44. The van der Waals surface area contributed by atoms with Crippen molar-refractivity contribution >= 4 is 23.2 Å². The van der Waals surface area contributed by atoms with E-state index in [4.69, 9.17) is 10.9 Å². The number of hydrogen-bond donors (Lipinski definition) is 4. The summed E-state index contributed by atoms with van der Waals surface area (Å²) in [5.41, 5.74) is 6.26. The molecule has 0 bridgehead atoms. The summed E-state index contributed by atoms with van der Waals surface area (Å²) in [5.74, 6) is 0.192. The molecule has 2 atom stereocenters. The molecule has 0 radical (unpaired) electrons. The summed E-state index contributed by atoms with van der Waals surface area (Å²) < 4.78 is 1.27. The lowest BCUT2D eigenvalue weighted by atomic mass is 10.2. The van der Waals surface area contributed by atoms with E-state index in [0.717, 1.165) is 6.21 Å². The molecule has 96 valence electrons. The molecular weight excluding hydrogens is 240 g/mol. The number of nitrogens with zero attached hydrogens (tertiary/aromatic N) is 5. The number of aliphatic hydroxyl groups excluding tert-OH is 2. The minimum atomic E-state index is -1.28. The van der Waals surface area contributed by atoms with Crippen LogP contribution in [-0.2, 0) is 0 Å². The predicted octanol–water partition coefficient (Wildman–Crippen LogP) is -0.890. The van der Waals surface area contributed by atoms with Gasteiger partial charge in [-0.15, -0.1) is 5.16 Å². The fraction of sp³-hybridized carbons (Fsp3) is 0.333. The molecule has 0 spiro atoms. The maximum atomic E-state index is 9.92. The number of nitrogens with two attached hydrogens (primary N) is 1. The Morgan fingerprint density at radius 1 is 1.39 bits per heavy atom. The van der Waals surface area contributed by atoms with Gasteiger partial charge in [0, 0.05) is 12.6 Å². The van der Waals surface area contributed by atoms with Crippen molar-refractivity contribution in [1.82, 2.24) is 19.5 Å². The van der Waals surface area contributed by atoms with Crippen molar-refractivity contribution in [2.75, 3.05) is 5.73 Å². The lowest BCUT2D eigenvalue weighted by molar-refractivity contribution is -0.0215. The monoisotopic (exact) mass is 252 g/mol. The molecule has 0 aliphatic carbocycles. The summed E-state index contributed by atoms with van der Waals surface area (Å²) >= 11 is 0. The minimum absolute atomic E-state index is 0.0160. The Hall–Kier alpha value is -2.26. The minimum Gasteiger partial charge on any atom is -0.411 e. The first-order valence-corrected chi connectivity index (χ1v) is 5.10. The van der Waals surface area contributed by atoms with Crippen LogP contribution in [0.5, 0.6) is 0 Å². The first-order valence-electron chi connectivity index (χ1n) is 5.10. The van der Waals surface area contributed by atoms with Gasteiger partial charge in [0.15, 0.2) is 17.7 Å². The number of rotatable bonds is 4. The van der Waals surface area contributed by atoms with Crippen molar-refractivity contribution < 1.29 is 15.4 Å². The van der Waals surface area contributed by atoms with Crippen LogP contribution in [0.15, 0.2) is 17.8 Å². The van der Waals surface area contributed by atoms with E-state index >= 15 is 0 Å². The average molecular weight is 252 g/mol. The van der Waals surface area contributed by atoms with Gasteiger partial charge in [-0.2, -0.15) is 0 Å². The number of hydrogen-bond acceptors (Lipinski definition) is 8. The third kappa shape index (κ3) is 2.08. The number of nitrogen functional groups attached to an aromatic ring is 1. The zero-order valence-electron chi connectivity index (χ0n) is 9.25. The number of anilines is 1. The first-order chi connectivity index (χ1) is 8.65. The van der Waals surface area contributed by atoms with E-state index in [1.807, 2.05) is 0 Å². The van der Waals surface area contributed by atoms with E-state index in [1.165, 1.54) is 17.2 Å². The number of aliphatic hydroxyl groups is 2. The van der Waals surface area contributed by atoms with Crippen molar-refractivity contribution in [3.63, 3.8) is 0 Å². The maximum Gasteiger partial charge on any atom is 0.167 e. The highest BCUT2D eigenvalue weighted by molar-refractivity contribution is 5.81. The fourth-order valence-electron chi connectivity index (χ4n) is 1.53. The largest absolute Gasteiger partial charge is 0.411 e. The molecule has 0 unspecified atom stereocenters. The lowest BCUT2D eigenvalue weighted by Gasteiger charge is -2.17.